The van der Waals surface area contributed by atoms with E-state index in [9.17, 15) is 4.79 Å². The molecule has 0 bridgehead atoms. The van der Waals surface area contributed by atoms with Gasteiger partial charge in [-0.2, -0.15) is 14.9 Å². The molecule has 0 unspecified atom stereocenters. The lowest BCUT2D eigenvalue weighted by molar-refractivity contribution is -0.116. The summed E-state index contributed by atoms with van der Waals surface area (Å²) in [4.78, 5) is 17.3. The van der Waals surface area contributed by atoms with Crippen LogP contribution in [-0.2, 0) is 4.79 Å². The predicted octanol–water partition coefficient (Wildman–Crippen LogP) is 4.07. The molecule has 0 fully saturated rings. The molecule has 1 aliphatic rings. The number of rotatable bonds is 6. The molecule has 4 aromatic rings. The van der Waals surface area contributed by atoms with Crippen molar-refractivity contribution in [3.05, 3.63) is 90.3 Å². The van der Waals surface area contributed by atoms with E-state index in [0.29, 0.717) is 30.5 Å². The Kier molecular flexibility index (Phi) is 5.40. The predicted molar refractivity (Wildman–Crippen MR) is 124 cm³/mol. The first kappa shape index (κ1) is 20.6. The van der Waals surface area contributed by atoms with Crippen molar-refractivity contribution in [1.82, 2.24) is 25.0 Å². The van der Waals surface area contributed by atoms with Crippen molar-refractivity contribution in [2.75, 3.05) is 11.9 Å². The number of hydrogen-bond donors (Lipinski definition) is 1. The maximum Gasteiger partial charge on any atom is 0.272 e. The van der Waals surface area contributed by atoms with Crippen LogP contribution in [0.2, 0.25) is 0 Å². The Balaban J connectivity index is 1.57. The first-order valence-corrected chi connectivity index (χ1v) is 10.6. The van der Waals surface area contributed by atoms with Crippen LogP contribution in [0.25, 0.3) is 17.2 Å². The smallest absolute Gasteiger partial charge is 0.272 e. The maximum absolute atomic E-state index is 12.7. The zero-order valence-electron chi connectivity index (χ0n) is 18.1. The second kappa shape index (κ2) is 8.66. The molecule has 5 rings (SSSR count). The number of benzene rings is 2. The average Bonchev–Trinajstić information content (AvgIpc) is 3.19. The molecule has 0 aliphatic carbocycles. The van der Waals surface area contributed by atoms with Gasteiger partial charge in [-0.1, -0.05) is 55.1 Å². The largest absolute Gasteiger partial charge is 0.490 e. The lowest BCUT2D eigenvalue weighted by Crippen LogP contribution is -2.25. The Morgan fingerprint density at radius 2 is 2.06 bits per heavy atom. The van der Waals surface area contributed by atoms with Gasteiger partial charge >= 0.3 is 0 Å². The number of nitrogens with zero attached hydrogens (tertiary/aromatic N) is 5. The van der Waals surface area contributed by atoms with Gasteiger partial charge in [-0.15, -0.1) is 5.10 Å². The van der Waals surface area contributed by atoms with Crippen LogP contribution in [0.15, 0.2) is 73.4 Å². The minimum Gasteiger partial charge on any atom is -0.490 e. The third kappa shape index (κ3) is 3.98. The summed E-state index contributed by atoms with van der Waals surface area (Å²) in [6.07, 6.45) is 3.62. The molecule has 33 heavy (non-hydrogen) atoms. The van der Waals surface area contributed by atoms with Crippen molar-refractivity contribution in [1.29, 1.82) is 0 Å². The Hall–Kier alpha value is -4.33. The standard InChI is InChI=1S/C25H22N6O2/c1-3-12-33-19-11-7-10-18(13-19)20-14-22(32)28-24-23(20)16(2)30-31(24)25-27-21(15-26-29-25)17-8-5-4-6-9-17/h3-11,13,15,20H,1,12,14H2,2H3,(H,28,32)/t20-/m1/s1. The van der Waals surface area contributed by atoms with Crippen LogP contribution >= 0.6 is 0 Å². The molecular formula is C25H22N6O2. The molecule has 0 saturated carbocycles. The van der Waals surface area contributed by atoms with Gasteiger partial charge in [0, 0.05) is 23.5 Å². The van der Waals surface area contributed by atoms with E-state index < -0.39 is 0 Å². The first-order chi connectivity index (χ1) is 16.1. The summed E-state index contributed by atoms with van der Waals surface area (Å²) in [5.74, 6) is 1.33. The van der Waals surface area contributed by atoms with E-state index in [1.165, 1.54) is 0 Å². The highest BCUT2D eigenvalue weighted by molar-refractivity contribution is 5.95. The van der Waals surface area contributed by atoms with E-state index >= 15 is 0 Å². The van der Waals surface area contributed by atoms with E-state index in [0.717, 1.165) is 28.1 Å². The fraction of sp³-hybridized carbons (Fsp3) is 0.160. The molecule has 1 atom stereocenters. The number of aromatic nitrogens is 5. The zero-order valence-corrected chi connectivity index (χ0v) is 18.1. The summed E-state index contributed by atoms with van der Waals surface area (Å²) in [7, 11) is 0. The summed E-state index contributed by atoms with van der Waals surface area (Å²) >= 11 is 0. The van der Waals surface area contributed by atoms with Gasteiger partial charge < -0.3 is 10.1 Å². The van der Waals surface area contributed by atoms with E-state index in [1.807, 2.05) is 61.5 Å². The van der Waals surface area contributed by atoms with Gasteiger partial charge in [-0.05, 0) is 24.6 Å². The number of fused-ring (bicyclic) bond motifs is 1. The second-order valence-corrected chi connectivity index (χ2v) is 7.74. The number of nitrogens with one attached hydrogen (secondary N) is 1. The topological polar surface area (TPSA) is 94.8 Å². The van der Waals surface area contributed by atoms with E-state index in [-0.39, 0.29) is 11.8 Å². The highest BCUT2D eigenvalue weighted by Crippen LogP contribution is 2.40. The molecule has 8 nitrogen and oxygen atoms in total. The molecular weight excluding hydrogens is 416 g/mol. The van der Waals surface area contributed by atoms with Crippen LogP contribution in [-0.4, -0.2) is 37.5 Å². The van der Waals surface area contributed by atoms with Crippen LogP contribution in [0.3, 0.4) is 0 Å². The van der Waals surface area contributed by atoms with Crippen molar-refractivity contribution in [2.45, 2.75) is 19.3 Å². The highest BCUT2D eigenvalue weighted by Gasteiger charge is 2.33. The van der Waals surface area contributed by atoms with Gasteiger partial charge in [-0.25, -0.2) is 4.98 Å². The van der Waals surface area contributed by atoms with E-state index in [4.69, 9.17) is 4.74 Å². The van der Waals surface area contributed by atoms with E-state index in [2.05, 4.69) is 32.2 Å². The molecule has 2 aromatic carbocycles. The Labute approximate surface area is 191 Å². The zero-order chi connectivity index (χ0) is 22.8. The minimum atomic E-state index is -0.167. The van der Waals surface area contributed by atoms with Crippen molar-refractivity contribution in [3.8, 4) is 23.0 Å². The van der Waals surface area contributed by atoms with Gasteiger partial charge in [0.2, 0.25) is 5.91 Å². The molecule has 0 radical (unpaired) electrons. The number of hydrogen-bond acceptors (Lipinski definition) is 6. The average molecular weight is 438 g/mol. The Morgan fingerprint density at radius 1 is 1.21 bits per heavy atom. The normalized spacial score (nSPS) is 14.9. The third-order valence-electron chi connectivity index (χ3n) is 5.54. The lowest BCUT2D eigenvalue weighted by Gasteiger charge is -2.24. The van der Waals surface area contributed by atoms with Crippen molar-refractivity contribution >= 4 is 11.7 Å². The van der Waals surface area contributed by atoms with Crippen LogP contribution in [0.4, 0.5) is 5.82 Å². The molecule has 1 aliphatic heterocycles. The lowest BCUT2D eigenvalue weighted by atomic mass is 9.86. The SMILES string of the molecule is C=CCOc1cccc([C@H]2CC(=O)Nc3c2c(C)nn3-c2nncc(-c3ccccc3)n2)c1. The Bertz CT molecular complexity index is 1330. The molecule has 1 N–H and O–H groups in total. The fourth-order valence-electron chi connectivity index (χ4n) is 4.08. The van der Waals surface area contributed by atoms with Crippen molar-refractivity contribution < 1.29 is 9.53 Å². The summed E-state index contributed by atoms with van der Waals surface area (Å²) in [5, 5.41) is 15.9. The highest BCUT2D eigenvalue weighted by atomic mass is 16.5. The van der Waals surface area contributed by atoms with Gasteiger partial charge in [0.15, 0.2) is 0 Å². The van der Waals surface area contributed by atoms with Crippen molar-refractivity contribution in [3.63, 3.8) is 0 Å². The molecule has 0 saturated heterocycles. The fourth-order valence-corrected chi connectivity index (χ4v) is 4.08. The molecule has 2 aromatic heterocycles. The number of carbonyl (C=O) groups is 1. The van der Waals surface area contributed by atoms with E-state index in [1.54, 1.807) is 17.0 Å². The third-order valence-corrected chi connectivity index (χ3v) is 5.54. The molecule has 8 heteroatoms. The maximum atomic E-state index is 12.7. The van der Waals surface area contributed by atoms with Crippen molar-refractivity contribution in [2.24, 2.45) is 0 Å². The Morgan fingerprint density at radius 3 is 2.88 bits per heavy atom. The summed E-state index contributed by atoms with van der Waals surface area (Å²) in [6, 6.07) is 17.5. The van der Waals surface area contributed by atoms with Crippen LogP contribution in [0.1, 0.15) is 29.2 Å². The summed E-state index contributed by atoms with van der Waals surface area (Å²) < 4.78 is 7.26. The number of aryl methyl sites for hydroxylation is 1. The van der Waals surface area contributed by atoms with Crippen LogP contribution in [0.5, 0.6) is 5.75 Å². The van der Waals surface area contributed by atoms with Crippen LogP contribution < -0.4 is 10.1 Å². The summed E-state index contributed by atoms with van der Waals surface area (Å²) in [5.41, 5.74) is 4.30. The number of amides is 1. The van der Waals surface area contributed by atoms with Gasteiger partial charge in [0.1, 0.15) is 18.2 Å². The number of ether oxygens (including phenoxy) is 1. The van der Waals surface area contributed by atoms with Gasteiger partial charge in [-0.3, -0.25) is 4.79 Å². The second-order valence-electron chi connectivity index (χ2n) is 7.74. The van der Waals surface area contributed by atoms with Crippen LogP contribution in [0, 0.1) is 6.92 Å². The molecule has 1 amide bonds. The number of carbonyl (C=O) groups excluding carboxylic acids is 1. The van der Waals surface area contributed by atoms with Gasteiger partial charge in [0.25, 0.3) is 5.95 Å². The molecule has 3 heterocycles. The molecule has 164 valence electrons. The van der Waals surface area contributed by atoms with Gasteiger partial charge in [0.05, 0.1) is 17.6 Å². The monoisotopic (exact) mass is 438 g/mol. The first-order valence-electron chi connectivity index (χ1n) is 10.6. The summed E-state index contributed by atoms with van der Waals surface area (Å²) in [6.45, 7) is 6.03. The quantitative estimate of drug-likeness (QED) is 0.456. The minimum absolute atomic E-state index is 0.0989. The molecule has 0 spiro atoms. The number of anilines is 1.